The van der Waals surface area contributed by atoms with Gasteiger partial charge in [0, 0.05) is 0 Å². The molecule has 2 radical (unpaired) electrons. The van der Waals surface area contributed by atoms with Crippen molar-refractivity contribution in [2.45, 2.75) is 6.32 Å². The Labute approximate surface area is 27.5 Å². The summed E-state index contributed by atoms with van der Waals surface area (Å²) in [6, 6.07) is 0. The van der Waals surface area contributed by atoms with Crippen molar-refractivity contribution in [2.24, 2.45) is 0 Å². The Balaban J connectivity index is 2.60. The molecule has 1 fully saturated rings. The molecule has 0 nitrogen and oxygen atoms in total. The normalized spacial score (nSPS) is 19.2. The molecule has 1 aliphatic heterocycles. The summed E-state index contributed by atoms with van der Waals surface area (Å²) < 4.78 is 0. The van der Waals surface area contributed by atoms with Crippen molar-refractivity contribution in [1.29, 1.82) is 0 Å². The van der Waals surface area contributed by atoms with E-state index in [9.17, 15) is 0 Å². The van der Waals surface area contributed by atoms with Gasteiger partial charge in [0.05, 0.1) is 0 Å². The molecule has 0 spiro atoms. The molecule has 0 aromatic heterocycles. The van der Waals surface area contributed by atoms with E-state index in [1.807, 2.05) is 7.28 Å². The second-order valence-corrected chi connectivity index (χ2v) is 0.983. The van der Waals surface area contributed by atoms with E-state index in [1.54, 1.807) is 0 Å². The summed E-state index contributed by atoms with van der Waals surface area (Å²) in [4.78, 5) is 0. The second kappa shape index (κ2) is 0.480. The summed E-state index contributed by atoms with van der Waals surface area (Å²) in [5.74, 6) is 0. The first-order chi connectivity index (χ1) is 1.89. The van der Waals surface area contributed by atoms with Gasteiger partial charge >= 0.3 is 26.5 Å². The molecule has 1 heterocycles. The third-order valence-corrected chi connectivity index (χ3v) is 0.440. The van der Waals surface area contributed by atoms with Gasteiger partial charge in [0.1, 0.15) is 0 Å². The monoisotopic (exact) mass is 48.0 g/mol. The van der Waals surface area contributed by atoms with Crippen molar-refractivity contribution < 1.29 is 0 Å². The van der Waals surface area contributed by atoms with E-state index in [-0.39, 0.29) is 0 Å². The van der Waals surface area contributed by atoms with Gasteiger partial charge in [0.25, 0.3) is 0 Å². The minimum atomic E-state index is 1.04. The molecule has 1 saturated heterocycles. The van der Waals surface area contributed by atoms with Crippen LogP contribution in [0.2, 0.25) is 6.32 Å². The summed E-state index contributed by atoms with van der Waals surface area (Å²) in [6.45, 7) is 0. The Hall–Kier alpha value is -0.000130. The topological polar surface area (TPSA) is 0 Å². The van der Waals surface area contributed by atoms with Crippen LogP contribution in [0.5, 0.6) is 0 Å². The second-order valence-electron chi connectivity index (χ2n) is 0.983. The molecule has 1 aliphatic rings. The van der Waals surface area contributed by atoms with Crippen LogP contribution in [-0.2, 0) is 0 Å². The van der Waals surface area contributed by atoms with E-state index in [2.05, 4.69) is 0 Å². The fourth-order valence-electron chi connectivity index (χ4n) is 0.0589. The third-order valence-electron chi connectivity index (χ3n) is 0.440. The van der Waals surface area contributed by atoms with Crippen LogP contribution in [0.1, 0.15) is 0 Å². The molecular weight excluding hydrogens is 45.6 g/mol. The Morgan fingerprint density at radius 2 is 2.25 bits per heavy atom. The van der Waals surface area contributed by atoms with Crippen molar-refractivity contribution >= 4 is 20.1 Å². The summed E-state index contributed by atoms with van der Waals surface area (Å²) in [6.07, 6.45) is 1.06. The van der Waals surface area contributed by atoms with Gasteiger partial charge in [-0.2, -0.15) is 0 Å². The standard InChI is InChI=1S/C2H2B2/c3-2-1-4-2/h1H2. The molecule has 0 N–H and O–H groups in total. The molecule has 0 amide bonds. The van der Waals surface area contributed by atoms with Crippen LogP contribution in [0.15, 0.2) is 0 Å². The Kier molecular flexibility index (Phi) is 0.270. The van der Waals surface area contributed by atoms with E-state index in [0.717, 1.165) is 11.7 Å². The van der Waals surface area contributed by atoms with Crippen molar-refractivity contribution in [3.8, 4) is 0 Å². The molecule has 4 heavy (non-hydrogen) atoms. The first-order valence-electron chi connectivity index (χ1n) is 1.34. The van der Waals surface area contributed by atoms with Crippen LogP contribution < -0.4 is 0 Å². The van der Waals surface area contributed by atoms with Crippen LogP contribution in [-0.4, -0.2) is 20.1 Å². The molecular formula is C2H2B2. The van der Waals surface area contributed by atoms with E-state index < -0.39 is 0 Å². The Bertz CT molecular complexity index is 42.0. The zero-order chi connectivity index (χ0) is 2.99. The van der Waals surface area contributed by atoms with Gasteiger partial charge in [0.15, 0.2) is 0 Å². The summed E-state index contributed by atoms with van der Waals surface area (Å²) >= 11 is 0. The van der Waals surface area contributed by atoms with Crippen LogP contribution in [0.25, 0.3) is 0 Å². The third kappa shape index (κ3) is 0.222. The number of hydrogen-bond donors (Lipinski definition) is 0. The predicted molar refractivity (Wildman–Crippen MR) is 21.3 cm³/mol. The maximum atomic E-state index is 5.08. The summed E-state index contributed by atoms with van der Waals surface area (Å²) in [5.41, 5.74) is 0. The predicted octanol–water partition coefficient (Wildman–Crippen LogP) is -0.579. The molecule has 0 aromatic carbocycles. The van der Waals surface area contributed by atoms with E-state index >= 15 is 0 Å². The molecule has 0 saturated carbocycles. The molecule has 2 heteroatoms. The van der Waals surface area contributed by atoms with E-state index in [0.29, 0.717) is 0 Å². The zero-order valence-electron chi connectivity index (χ0n) is 2.36. The summed E-state index contributed by atoms with van der Waals surface area (Å²) in [5, 5.41) is 1.04. The van der Waals surface area contributed by atoms with Crippen LogP contribution in [0.3, 0.4) is 0 Å². The van der Waals surface area contributed by atoms with Crippen molar-refractivity contribution in [3.63, 3.8) is 0 Å². The zero-order valence-corrected chi connectivity index (χ0v) is 2.36. The molecule has 0 aliphatic carbocycles. The molecule has 0 atom stereocenters. The minimum absolute atomic E-state index is 1.04. The first-order valence-corrected chi connectivity index (χ1v) is 1.34. The van der Waals surface area contributed by atoms with Gasteiger partial charge in [-0.15, -0.1) is 0 Å². The van der Waals surface area contributed by atoms with Gasteiger partial charge in [-0.1, -0.05) is 0 Å². The molecule has 16 valence electrons. The molecule has 1 rings (SSSR count). The van der Waals surface area contributed by atoms with E-state index in [1.165, 1.54) is 0 Å². The van der Waals surface area contributed by atoms with Gasteiger partial charge in [0.2, 0.25) is 0 Å². The Morgan fingerprint density at radius 1 is 2.00 bits per heavy atom. The number of hydrogen-bond acceptors (Lipinski definition) is 0. The quantitative estimate of drug-likeness (QED) is 0.321. The van der Waals surface area contributed by atoms with Crippen LogP contribution in [0, 0.1) is 0 Å². The van der Waals surface area contributed by atoms with Crippen molar-refractivity contribution in [3.05, 3.63) is 0 Å². The van der Waals surface area contributed by atoms with Gasteiger partial charge in [-0.05, 0) is 0 Å². The van der Waals surface area contributed by atoms with Crippen molar-refractivity contribution in [1.82, 2.24) is 0 Å². The fraction of sp³-hybridized carbons (Fsp3) is 0.500. The van der Waals surface area contributed by atoms with Crippen LogP contribution in [0.4, 0.5) is 0 Å². The Morgan fingerprint density at radius 3 is 2.25 bits per heavy atom. The average Bonchev–Trinajstić information content (AvgIpc) is 1.75. The fourth-order valence-corrected chi connectivity index (χ4v) is 0.0589. The molecule has 0 bridgehead atoms. The van der Waals surface area contributed by atoms with Crippen LogP contribution >= 0.6 is 0 Å². The van der Waals surface area contributed by atoms with Gasteiger partial charge in [-0.3, -0.25) is 0 Å². The first kappa shape index (κ1) is 2.25. The maximum absolute atomic E-state index is 5.08. The van der Waals surface area contributed by atoms with Gasteiger partial charge in [-0.25, -0.2) is 0 Å². The average molecular weight is 47.7 g/mol. The molecule has 0 aromatic rings. The number of rotatable bonds is 0. The van der Waals surface area contributed by atoms with E-state index in [4.69, 9.17) is 7.49 Å². The van der Waals surface area contributed by atoms with Gasteiger partial charge < -0.3 is 0 Å². The van der Waals surface area contributed by atoms with Crippen molar-refractivity contribution in [2.75, 3.05) is 0 Å². The molecule has 0 unspecified atom stereocenters. The summed E-state index contributed by atoms with van der Waals surface area (Å²) in [7, 11) is 7.07. The SMILES string of the molecule is [B]=C1[B]C1.